The molecule has 0 spiro atoms. The molecule has 1 aromatic carbocycles. The molecule has 0 saturated heterocycles. The fraction of sp³-hybridized carbons (Fsp3) is 0.714. The van der Waals surface area contributed by atoms with E-state index < -0.39 is 11.6 Å². The molecule has 0 N–H and O–H groups in total. The Morgan fingerprint density at radius 2 is 1.54 bits per heavy atom. The molecule has 1 atom stereocenters. The number of unbranched alkanes of at least 4 members (excludes halogenated alkanes) is 5. The molecule has 24 heavy (non-hydrogen) atoms. The van der Waals surface area contributed by atoms with Crippen LogP contribution in [0.25, 0.3) is 0 Å². The van der Waals surface area contributed by atoms with Gasteiger partial charge in [0.2, 0.25) is 0 Å². The number of methoxy groups -OCH3 is 1. The van der Waals surface area contributed by atoms with E-state index >= 15 is 0 Å². The molecule has 0 radical (unpaired) electrons. The highest BCUT2D eigenvalue weighted by Gasteiger charge is 2.36. The van der Waals surface area contributed by atoms with Crippen LogP contribution >= 0.6 is 0 Å². The van der Waals surface area contributed by atoms with Gasteiger partial charge in [0.1, 0.15) is 0 Å². The largest absolute Gasteiger partial charge is 0.378 e. The number of benzene rings is 1. The van der Waals surface area contributed by atoms with Gasteiger partial charge in [0, 0.05) is 13.0 Å². The Bertz CT molecular complexity index is 461. The zero-order valence-electron chi connectivity index (χ0n) is 15.8. The summed E-state index contributed by atoms with van der Waals surface area (Å²) in [4.78, 5) is 0. The highest BCUT2D eigenvalue weighted by molar-refractivity contribution is 5.25. The lowest BCUT2D eigenvalue weighted by Crippen LogP contribution is -2.37. The lowest BCUT2D eigenvalue weighted by atomic mass is 9.75. The first kappa shape index (κ1) is 21.1. The van der Waals surface area contributed by atoms with E-state index in [4.69, 9.17) is 4.74 Å². The van der Waals surface area contributed by atoms with Gasteiger partial charge in [0.15, 0.2) is 11.6 Å². The Morgan fingerprint density at radius 1 is 0.917 bits per heavy atom. The van der Waals surface area contributed by atoms with Crippen molar-refractivity contribution in [2.75, 3.05) is 7.11 Å². The van der Waals surface area contributed by atoms with E-state index in [0.29, 0.717) is 0 Å². The van der Waals surface area contributed by atoms with Crippen molar-refractivity contribution in [1.82, 2.24) is 0 Å². The number of ether oxygens (including phenoxy) is 1. The minimum atomic E-state index is -0.784. The first-order valence-corrected chi connectivity index (χ1v) is 9.54. The lowest BCUT2D eigenvalue weighted by molar-refractivity contribution is -0.0425. The average molecular weight is 340 g/mol. The summed E-state index contributed by atoms with van der Waals surface area (Å²) in [6.07, 6.45) is 10.0. The summed E-state index contributed by atoms with van der Waals surface area (Å²) in [6.45, 7) is 6.44. The summed E-state index contributed by atoms with van der Waals surface area (Å²) in [5, 5.41) is 0. The van der Waals surface area contributed by atoms with E-state index in [9.17, 15) is 8.78 Å². The highest BCUT2D eigenvalue weighted by atomic mass is 19.2. The Balaban J connectivity index is 2.88. The second-order valence-electron chi connectivity index (χ2n) is 6.76. The Hall–Kier alpha value is -0.960. The predicted molar refractivity (Wildman–Crippen MR) is 97.4 cm³/mol. The zero-order valence-corrected chi connectivity index (χ0v) is 15.8. The van der Waals surface area contributed by atoms with Crippen molar-refractivity contribution >= 4 is 0 Å². The van der Waals surface area contributed by atoms with Crippen LogP contribution in [0, 0.1) is 11.6 Å². The fourth-order valence-electron chi connectivity index (χ4n) is 3.77. The molecule has 0 fully saturated rings. The summed E-state index contributed by atoms with van der Waals surface area (Å²) < 4.78 is 33.0. The third kappa shape index (κ3) is 5.54. The first-order valence-electron chi connectivity index (χ1n) is 9.54. The highest BCUT2D eigenvalue weighted by Crippen LogP contribution is 2.40. The van der Waals surface area contributed by atoms with Gasteiger partial charge in [0.05, 0.1) is 5.60 Å². The number of hydrogen-bond acceptors (Lipinski definition) is 1. The maximum absolute atomic E-state index is 13.8. The Kier molecular flexibility index (Phi) is 9.50. The van der Waals surface area contributed by atoms with Crippen molar-refractivity contribution in [3.63, 3.8) is 0 Å². The van der Waals surface area contributed by atoms with Crippen molar-refractivity contribution in [1.29, 1.82) is 0 Å². The maximum atomic E-state index is 13.8. The SMILES string of the molecule is CCCCCCCCC(c1ccc(F)c(F)c1)C(CC)(CC)OC. The summed E-state index contributed by atoms with van der Waals surface area (Å²) >= 11 is 0. The van der Waals surface area contributed by atoms with E-state index in [2.05, 4.69) is 20.8 Å². The van der Waals surface area contributed by atoms with Gasteiger partial charge in [-0.25, -0.2) is 8.78 Å². The summed E-state index contributed by atoms with van der Waals surface area (Å²) in [7, 11) is 1.74. The molecule has 1 rings (SSSR count). The molecule has 0 aliphatic heterocycles. The lowest BCUT2D eigenvalue weighted by Gasteiger charge is -2.39. The van der Waals surface area contributed by atoms with Crippen LogP contribution in [-0.2, 0) is 4.74 Å². The molecule has 0 amide bonds. The molecule has 1 unspecified atom stereocenters. The van der Waals surface area contributed by atoms with Crippen LogP contribution < -0.4 is 0 Å². The molecule has 0 bridgehead atoms. The molecular weight excluding hydrogens is 306 g/mol. The topological polar surface area (TPSA) is 9.23 Å². The van der Waals surface area contributed by atoms with Crippen molar-refractivity contribution in [2.24, 2.45) is 0 Å². The molecule has 138 valence electrons. The van der Waals surface area contributed by atoms with Crippen LogP contribution in [0.3, 0.4) is 0 Å². The Labute approximate surface area is 146 Å². The van der Waals surface area contributed by atoms with Crippen molar-refractivity contribution in [3.05, 3.63) is 35.4 Å². The summed E-state index contributed by atoms with van der Waals surface area (Å²) in [5.74, 6) is -1.45. The molecule has 0 aromatic heterocycles. The smallest absolute Gasteiger partial charge is 0.159 e. The summed E-state index contributed by atoms with van der Waals surface area (Å²) in [5.41, 5.74) is 0.543. The van der Waals surface area contributed by atoms with Gasteiger partial charge >= 0.3 is 0 Å². The molecule has 1 aromatic rings. The minimum Gasteiger partial charge on any atom is -0.378 e. The van der Waals surface area contributed by atoms with Crippen LogP contribution in [0.15, 0.2) is 18.2 Å². The molecule has 0 aliphatic rings. The molecule has 0 heterocycles. The van der Waals surface area contributed by atoms with Gasteiger partial charge in [-0.1, -0.05) is 65.4 Å². The Morgan fingerprint density at radius 3 is 2.08 bits per heavy atom. The molecule has 3 heteroatoms. The molecule has 0 saturated carbocycles. The van der Waals surface area contributed by atoms with Crippen molar-refractivity contribution in [3.8, 4) is 0 Å². The van der Waals surface area contributed by atoms with Crippen molar-refractivity contribution < 1.29 is 13.5 Å². The standard InChI is InChI=1S/C21H34F2O/c1-5-8-9-10-11-12-13-18(21(6-2,7-3)24-4)17-14-15-19(22)20(23)16-17/h14-16,18H,5-13H2,1-4H3. The fourth-order valence-corrected chi connectivity index (χ4v) is 3.77. The van der Waals surface area contributed by atoms with Crippen LogP contribution in [0.1, 0.15) is 90.0 Å². The average Bonchev–Trinajstić information content (AvgIpc) is 2.60. The van der Waals surface area contributed by atoms with Crippen LogP contribution in [-0.4, -0.2) is 12.7 Å². The molecule has 0 aliphatic carbocycles. The summed E-state index contributed by atoms with van der Waals surface area (Å²) in [6, 6.07) is 4.32. The van der Waals surface area contributed by atoms with Crippen LogP contribution in [0.2, 0.25) is 0 Å². The van der Waals surface area contributed by atoms with Gasteiger partial charge in [0.25, 0.3) is 0 Å². The molecular formula is C21H34F2O. The van der Waals surface area contributed by atoms with E-state index in [1.54, 1.807) is 13.2 Å². The molecule has 1 nitrogen and oxygen atoms in total. The van der Waals surface area contributed by atoms with Gasteiger partial charge in [-0.3, -0.25) is 0 Å². The van der Waals surface area contributed by atoms with Gasteiger partial charge in [-0.05, 0) is 37.0 Å². The number of hydrogen-bond donors (Lipinski definition) is 0. The van der Waals surface area contributed by atoms with Crippen LogP contribution in [0.5, 0.6) is 0 Å². The predicted octanol–water partition coefficient (Wildman–Crippen LogP) is 7.00. The number of rotatable bonds is 12. The van der Waals surface area contributed by atoms with Gasteiger partial charge in [-0.15, -0.1) is 0 Å². The number of halogens is 2. The monoisotopic (exact) mass is 340 g/mol. The van der Waals surface area contributed by atoms with Gasteiger partial charge in [-0.2, -0.15) is 0 Å². The normalized spacial score (nSPS) is 13.2. The van der Waals surface area contributed by atoms with Crippen LogP contribution in [0.4, 0.5) is 8.78 Å². The zero-order chi connectivity index (χ0) is 18.0. The second kappa shape index (κ2) is 10.8. The third-order valence-corrected chi connectivity index (χ3v) is 5.43. The first-order chi connectivity index (χ1) is 11.5. The second-order valence-corrected chi connectivity index (χ2v) is 6.76. The van der Waals surface area contributed by atoms with E-state index in [1.807, 2.05) is 0 Å². The van der Waals surface area contributed by atoms with E-state index in [-0.39, 0.29) is 11.5 Å². The van der Waals surface area contributed by atoms with E-state index in [0.717, 1.165) is 31.2 Å². The minimum absolute atomic E-state index is 0.0961. The maximum Gasteiger partial charge on any atom is 0.159 e. The van der Waals surface area contributed by atoms with Crippen molar-refractivity contribution in [2.45, 2.75) is 90.1 Å². The van der Waals surface area contributed by atoms with E-state index in [1.165, 1.54) is 44.2 Å². The third-order valence-electron chi connectivity index (χ3n) is 5.43. The quantitative estimate of drug-likeness (QED) is 0.372. The van der Waals surface area contributed by atoms with Gasteiger partial charge < -0.3 is 4.74 Å².